The zero-order chi connectivity index (χ0) is 14.8. The zero-order valence-electron chi connectivity index (χ0n) is 12.0. The largest absolute Gasteiger partial charge is 0.397 e. The van der Waals surface area contributed by atoms with E-state index in [0.29, 0.717) is 22.9 Å². The van der Waals surface area contributed by atoms with Crippen LogP contribution in [-0.4, -0.2) is 10.9 Å². The maximum atomic E-state index is 12.5. The van der Waals surface area contributed by atoms with Crippen LogP contribution in [-0.2, 0) is 0 Å². The third kappa shape index (κ3) is 3.05. The van der Waals surface area contributed by atoms with Crippen molar-refractivity contribution < 1.29 is 4.79 Å². The van der Waals surface area contributed by atoms with Crippen LogP contribution in [0.2, 0.25) is 0 Å². The van der Waals surface area contributed by atoms with Crippen LogP contribution in [0.5, 0.6) is 0 Å². The zero-order valence-corrected chi connectivity index (χ0v) is 12.0. The van der Waals surface area contributed by atoms with Gasteiger partial charge in [-0.25, -0.2) is 0 Å². The number of hydrogen-bond donors (Lipinski definition) is 2. The van der Waals surface area contributed by atoms with Crippen molar-refractivity contribution in [2.45, 2.75) is 25.8 Å². The molecule has 1 aromatic heterocycles. The van der Waals surface area contributed by atoms with E-state index >= 15 is 0 Å². The molecule has 0 spiro atoms. The van der Waals surface area contributed by atoms with Crippen molar-refractivity contribution in [2.24, 2.45) is 5.92 Å². The highest BCUT2D eigenvalue weighted by Crippen LogP contribution is 2.41. The molecule has 21 heavy (non-hydrogen) atoms. The number of anilines is 1. The molecule has 1 aliphatic rings. The Morgan fingerprint density at radius 2 is 2.05 bits per heavy atom. The maximum Gasteiger partial charge on any atom is 0.253 e. The van der Waals surface area contributed by atoms with Gasteiger partial charge in [-0.2, -0.15) is 0 Å². The normalized spacial score (nSPS) is 15.5. The molecule has 1 fully saturated rings. The monoisotopic (exact) mass is 281 g/mol. The summed E-state index contributed by atoms with van der Waals surface area (Å²) in [6, 6.07) is 11.9. The van der Waals surface area contributed by atoms with Gasteiger partial charge in [-0.3, -0.25) is 9.78 Å². The van der Waals surface area contributed by atoms with E-state index in [4.69, 9.17) is 5.73 Å². The van der Waals surface area contributed by atoms with Gasteiger partial charge < -0.3 is 11.1 Å². The molecule has 0 radical (unpaired) electrons. The summed E-state index contributed by atoms with van der Waals surface area (Å²) < 4.78 is 0. The first-order chi connectivity index (χ1) is 10.1. The van der Waals surface area contributed by atoms with Crippen LogP contribution in [0.4, 0.5) is 5.69 Å². The summed E-state index contributed by atoms with van der Waals surface area (Å²) in [7, 11) is 0. The highest BCUT2D eigenvalue weighted by Gasteiger charge is 2.33. The van der Waals surface area contributed by atoms with Crippen molar-refractivity contribution in [3.63, 3.8) is 0 Å². The van der Waals surface area contributed by atoms with E-state index in [1.165, 1.54) is 0 Å². The Bertz CT molecular complexity index is 650. The number of benzene rings is 1. The summed E-state index contributed by atoms with van der Waals surface area (Å²) in [6.45, 7) is 1.82. The van der Waals surface area contributed by atoms with Gasteiger partial charge in [0.05, 0.1) is 29.2 Å². The van der Waals surface area contributed by atoms with Crippen LogP contribution in [0.25, 0.3) is 0 Å². The minimum Gasteiger partial charge on any atom is -0.397 e. The summed E-state index contributed by atoms with van der Waals surface area (Å²) in [5, 5.41) is 3.15. The summed E-state index contributed by atoms with van der Waals surface area (Å²) in [4.78, 5) is 16.7. The Labute approximate surface area is 124 Å². The molecular weight excluding hydrogens is 262 g/mol. The predicted octanol–water partition coefficient (Wildman–Crippen LogP) is 2.85. The second kappa shape index (κ2) is 5.56. The van der Waals surface area contributed by atoms with Crippen LogP contribution in [0, 0.1) is 12.8 Å². The van der Waals surface area contributed by atoms with E-state index in [2.05, 4.69) is 22.4 Å². The van der Waals surface area contributed by atoms with E-state index < -0.39 is 0 Å². The van der Waals surface area contributed by atoms with E-state index in [1.54, 1.807) is 12.3 Å². The van der Waals surface area contributed by atoms with Gasteiger partial charge in [0.2, 0.25) is 0 Å². The number of hydrogen-bond acceptors (Lipinski definition) is 3. The second-order valence-electron chi connectivity index (χ2n) is 5.60. The first-order valence-corrected chi connectivity index (χ1v) is 7.23. The van der Waals surface area contributed by atoms with Gasteiger partial charge in [0, 0.05) is 0 Å². The molecule has 4 nitrogen and oxygen atoms in total. The second-order valence-corrected chi connectivity index (χ2v) is 5.60. The molecule has 2 aromatic rings. The van der Waals surface area contributed by atoms with Gasteiger partial charge in [0.15, 0.2) is 0 Å². The number of nitrogens with two attached hydrogens (primary N) is 1. The van der Waals surface area contributed by atoms with Crippen molar-refractivity contribution in [1.82, 2.24) is 10.3 Å². The summed E-state index contributed by atoms with van der Waals surface area (Å²) in [6.07, 6.45) is 3.89. The van der Waals surface area contributed by atoms with Crippen molar-refractivity contribution in [1.29, 1.82) is 0 Å². The SMILES string of the molecule is Cc1ncc(N)cc1C(=O)NC(c1ccccc1)C1CC1. The lowest BCUT2D eigenvalue weighted by molar-refractivity contribution is 0.0930. The molecule has 3 rings (SSSR count). The molecule has 1 aliphatic carbocycles. The third-order valence-electron chi connectivity index (χ3n) is 3.89. The van der Waals surface area contributed by atoms with Gasteiger partial charge in [-0.05, 0) is 37.3 Å². The lowest BCUT2D eigenvalue weighted by atomic mass is 10.0. The smallest absolute Gasteiger partial charge is 0.253 e. The summed E-state index contributed by atoms with van der Waals surface area (Å²) in [5.41, 5.74) is 8.65. The molecule has 108 valence electrons. The molecule has 4 heteroatoms. The fourth-order valence-corrected chi connectivity index (χ4v) is 2.56. The van der Waals surface area contributed by atoms with E-state index in [9.17, 15) is 4.79 Å². The molecule has 3 N–H and O–H groups in total. The summed E-state index contributed by atoms with van der Waals surface area (Å²) in [5.74, 6) is 0.429. The average Bonchev–Trinajstić information content (AvgIpc) is 3.32. The maximum absolute atomic E-state index is 12.5. The predicted molar refractivity (Wildman–Crippen MR) is 82.8 cm³/mol. The topological polar surface area (TPSA) is 68.0 Å². The van der Waals surface area contributed by atoms with Gasteiger partial charge in [-0.15, -0.1) is 0 Å². The molecule has 1 atom stereocenters. The molecule has 0 saturated heterocycles. The van der Waals surface area contributed by atoms with E-state index in [-0.39, 0.29) is 11.9 Å². The van der Waals surface area contributed by atoms with Crippen LogP contribution >= 0.6 is 0 Å². The van der Waals surface area contributed by atoms with E-state index in [0.717, 1.165) is 18.4 Å². The van der Waals surface area contributed by atoms with Crippen molar-refractivity contribution in [2.75, 3.05) is 5.73 Å². The molecule has 1 amide bonds. The van der Waals surface area contributed by atoms with Gasteiger partial charge >= 0.3 is 0 Å². The number of carbonyl (C=O) groups is 1. The molecule has 0 bridgehead atoms. The Kier molecular flexibility index (Phi) is 3.60. The number of aromatic nitrogens is 1. The lowest BCUT2D eigenvalue weighted by Crippen LogP contribution is -2.30. The number of carbonyl (C=O) groups excluding carboxylic acids is 1. The van der Waals surface area contributed by atoms with Crippen LogP contribution in [0.3, 0.4) is 0 Å². The minimum atomic E-state index is -0.104. The van der Waals surface area contributed by atoms with Crippen LogP contribution in [0.15, 0.2) is 42.6 Å². The highest BCUT2D eigenvalue weighted by molar-refractivity contribution is 5.96. The standard InChI is InChI=1S/C17H19N3O/c1-11-15(9-14(18)10-19-11)17(21)20-16(13-7-8-13)12-5-3-2-4-6-12/h2-6,9-10,13,16H,7-8,18H2,1H3,(H,20,21). The molecule has 0 aliphatic heterocycles. The highest BCUT2D eigenvalue weighted by atomic mass is 16.1. The molecular formula is C17H19N3O. The van der Waals surface area contributed by atoms with Gasteiger partial charge in [-0.1, -0.05) is 30.3 Å². The number of aryl methyl sites for hydroxylation is 1. The number of nitrogens with zero attached hydrogens (tertiary/aromatic N) is 1. The first kappa shape index (κ1) is 13.6. The fraction of sp³-hybridized carbons (Fsp3) is 0.294. The van der Waals surface area contributed by atoms with Gasteiger partial charge in [0.1, 0.15) is 0 Å². The quantitative estimate of drug-likeness (QED) is 0.905. The van der Waals surface area contributed by atoms with Gasteiger partial charge in [0.25, 0.3) is 5.91 Å². The molecule has 1 saturated carbocycles. The number of amides is 1. The number of rotatable bonds is 4. The molecule has 1 heterocycles. The van der Waals surface area contributed by atoms with Crippen LogP contribution in [0.1, 0.15) is 40.5 Å². The molecule has 1 aromatic carbocycles. The molecule has 1 unspecified atom stereocenters. The van der Waals surface area contributed by atoms with Crippen molar-refractivity contribution in [3.8, 4) is 0 Å². The number of nitrogen functional groups attached to an aromatic ring is 1. The Morgan fingerprint density at radius 1 is 1.33 bits per heavy atom. The van der Waals surface area contributed by atoms with Crippen LogP contribution < -0.4 is 11.1 Å². The number of pyridine rings is 1. The average molecular weight is 281 g/mol. The fourth-order valence-electron chi connectivity index (χ4n) is 2.56. The Hall–Kier alpha value is -2.36. The lowest BCUT2D eigenvalue weighted by Gasteiger charge is -2.19. The van der Waals surface area contributed by atoms with Crippen molar-refractivity contribution >= 4 is 11.6 Å². The summed E-state index contributed by atoms with van der Waals surface area (Å²) >= 11 is 0. The minimum absolute atomic E-state index is 0.0690. The van der Waals surface area contributed by atoms with E-state index in [1.807, 2.05) is 25.1 Å². The third-order valence-corrected chi connectivity index (χ3v) is 3.89. The Balaban J connectivity index is 1.83. The number of nitrogens with one attached hydrogen (secondary N) is 1. The first-order valence-electron chi connectivity index (χ1n) is 7.23. The van der Waals surface area contributed by atoms with Crippen molar-refractivity contribution in [3.05, 3.63) is 59.4 Å². The Morgan fingerprint density at radius 3 is 2.71 bits per heavy atom.